The molecule has 17 heavy (non-hydrogen) atoms. The van der Waals surface area contributed by atoms with Crippen LogP contribution in [0.25, 0.3) is 0 Å². The van der Waals surface area contributed by atoms with Crippen molar-refractivity contribution >= 4 is 15.7 Å². The van der Waals surface area contributed by atoms with Crippen LogP contribution in [-0.4, -0.2) is 33.0 Å². The van der Waals surface area contributed by atoms with Crippen LogP contribution in [0.3, 0.4) is 0 Å². The summed E-state index contributed by atoms with van der Waals surface area (Å²) in [6, 6.07) is 9.29. The van der Waals surface area contributed by atoms with E-state index in [0.717, 1.165) is 19.5 Å². The standard InChI is InChI=1S/C12H15NO3S/c14-17(15)9-12(10-6-7-13-8-10)16-11-4-2-1-3-5-11/h1-5,9-10,12-13H,6-8H2. The monoisotopic (exact) mass is 253 g/mol. The number of hydrogen-bond acceptors (Lipinski definition) is 4. The highest BCUT2D eigenvalue weighted by molar-refractivity contribution is 7.71. The van der Waals surface area contributed by atoms with Gasteiger partial charge in [0.25, 0.3) is 0 Å². The van der Waals surface area contributed by atoms with Crippen molar-refractivity contribution in [2.75, 3.05) is 13.1 Å². The second-order valence-corrected chi connectivity index (χ2v) is 4.84. The summed E-state index contributed by atoms with van der Waals surface area (Å²) in [6.07, 6.45) is 0.552. The molecule has 2 atom stereocenters. The van der Waals surface area contributed by atoms with E-state index in [1.165, 1.54) is 5.37 Å². The van der Waals surface area contributed by atoms with Crippen LogP contribution in [0.4, 0.5) is 0 Å². The Morgan fingerprint density at radius 2 is 2.12 bits per heavy atom. The van der Waals surface area contributed by atoms with E-state index in [-0.39, 0.29) is 12.0 Å². The van der Waals surface area contributed by atoms with Gasteiger partial charge in [-0.3, -0.25) is 0 Å². The van der Waals surface area contributed by atoms with Crippen LogP contribution in [0.15, 0.2) is 30.3 Å². The molecule has 0 bridgehead atoms. The molecule has 4 nitrogen and oxygen atoms in total. The van der Waals surface area contributed by atoms with Crippen molar-refractivity contribution in [1.29, 1.82) is 0 Å². The van der Waals surface area contributed by atoms with Crippen molar-refractivity contribution in [1.82, 2.24) is 5.32 Å². The fourth-order valence-electron chi connectivity index (χ4n) is 1.96. The Hall–Kier alpha value is -1.33. The minimum absolute atomic E-state index is 0.216. The quantitative estimate of drug-likeness (QED) is 0.804. The molecule has 1 aliphatic heterocycles. The lowest BCUT2D eigenvalue weighted by molar-refractivity contribution is 0.211. The smallest absolute Gasteiger partial charge is 0.213 e. The molecular formula is C12H15NO3S. The van der Waals surface area contributed by atoms with Crippen LogP contribution >= 0.6 is 0 Å². The normalized spacial score (nSPS) is 20.8. The van der Waals surface area contributed by atoms with Crippen molar-refractivity contribution in [2.24, 2.45) is 5.92 Å². The van der Waals surface area contributed by atoms with Gasteiger partial charge in [0.2, 0.25) is 10.3 Å². The van der Waals surface area contributed by atoms with Crippen molar-refractivity contribution in [2.45, 2.75) is 12.5 Å². The summed E-state index contributed by atoms with van der Waals surface area (Å²) < 4.78 is 27.3. The molecule has 2 rings (SSSR count). The summed E-state index contributed by atoms with van der Waals surface area (Å²) in [5.41, 5.74) is 0. The molecule has 0 radical (unpaired) electrons. The maximum atomic E-state index is 10.8. The minimum atomic E-state index is -2.19. The highest BCUT2D eigenvalue weighted by Crippen LogP contribution is 2.18. The fraction of sp³-hybridized carbons (Fsp3) is 0.417. The predicted molar refractivity (Wildman–Crippen MR) is 66.8 cm³/mol. The summed E-state index contributed by atoms with van der Waals surface area (Å²) in [4.78, 5) is 0. The van der Waals surface area contributed by atoms with Gasteiger partial charge in [0.15, 0.2) is 0 Å². The zero-order valence-electron chi connectivity index (χ0n) is 9.37. The van der Waals surface area contributed by atoms with E-state index < -0.39 is 10.3 Å². The van der Waals surface area contributed by atoms with Gasteiger partial charge in [-0.15, -0.1) is 0 Å². The SMILES string of the molecule is O=S(=O)=CC(Oc1ccccc1)C1CCNC1. The fourth-order valence-corrected chi connectivity index (χ4v) is 2.46. The van der Waals surface area contributed by atoms with Gasteiger partial charge in [0.05, 0.1) is 5.37 Å². The summed E-state index contributed by atoms with van der Waals surface area (Å²) in [5.74, 6) is 0.916. The first-order valence-corrected chi connectivity index (χ1v) is 6.75. The van der Waals surface area contributed by atoms with Gasteiger partial charge >= 0.3 is 0 Å². The van der Waals surface area contributed by atoms with E-state index in [9.17, 15) is 8.42 Å². The van der Waals surface area contributed by atoms with Crippen LogP contribution in [0.1, 0.15) is 6.42 Å². The second-order valence-electron chi connectivity index (χ2n) is 4.04. The topological polar surface area (TPSA) is 55.4 Å². The number of hydrogen-bond donors (Lipinski definition) is 1. The molecule has 1 heterocycles. The van der Waals surface area contributed by atoms with E-state index in [0.29, 0.717) is 5.75 Å². The Bertz CT molecular complexity index is 470. The molecule has 0 spiro atoms. The van der Waals surface area contributed by atoms with Crippen molar-refractivity contribution < 1.29 is 13.2 Å². The first kappa shape index (κ1) is 12.1. The van der Waals surface area contributed by atoms with E-state index in [1.807, 2.05) is 30.3 Å². The lowest BCUT2D eigenvalue weighted by atomic mass is 10.0. The Kier molecular flexibility index (Phi) is 4.17. The van der Waals surface area contributed by atoms with E-state index >= 15 is 0 Å². The molecule has 1 aromatic carbocycles. The summed E-state index contributed by atoms with van der Waals surface area (Å²) in [5, 5.41) is 4.45. The number of ether oxygens (including phenoxy) is 1. The molecule has 0 aliphatic carbocycles. The maximum Gasteiger partial charge on any atom is 0.213 e. The third-order valence-corrected chi connectivity index (χ3v) is 3.31. The largest absolute Gasteiger partial charge is 0.485 e. The third-order valence-electron chi connectivity index (χ3n) is 2.82. The summed E-state index contributed by atoms with van der Waals surface area (Å²) >= 11 is 0. The van der Waals surface area contributed by atoms with Gasteiger partial charge in [-0.05, 0) is 25.1 Å². The number of para-hydroxylation sites is 1. The Balaban J connectivity index is 2.13. The average molecular weight is 253 g/mol. The lowest BCUT2D eigenvalue weighted by Crippen LogP contribution is -2.30. The molecule has 1 saturated heterocycles. The van der Waals surface area contributed by atoms with Crippen LogP contribution in [-0.2, 0) is 10.3 Å². The van der Waals surface area contributed by atoms with Crippen LogP contribution in [0.5, 0.6) is 5.75 Å². The maximum absolute atomic E-state index is 10.8. The molecular weight excluding hydrogens is 238 g/mol. The first-order valence-electron chi connectivity index (χ1n) is 5.61. The van der Waals surface area contributed by atoms with Gasteiger partial charge < -0.3 is 10.1 Å². The molecule has 92 valence electrons. The highest BCUT2D eigenvalue weighted by Gasteiger charge is 2.25. The zero-order valence-corrected chi connectivity index (χ0v) is 10.2. The molecule has 2 unspecified atom stereocenters. The van der Waals surface area contributed by atoms with Gasteiger partial charge in [0.1, 0.15) is 11.9 Å². The van der Waals surface area contributed by atoms with E-state index in [1.54, 1.807) is 0 Å². The number of nitrogens with one attached hydrogen (secondary N) is 1. The summed E-state index contributed by atoms with van der Waals surface area (Å²) in [7, 11) is -2.19. The first-order chi connectivity index (χ1) is 8.25. The molecule has 5 heteroatoms. The molecule has 1 aliphatic rings. The van der Waals surface area contributed by atoms with Gasteiger partial charge in [-0.25, -0.2) is 0 Å². The molecule has 0 aromatic heterocycles. The molecule has 1 N–H and O–H groups in total. The van der Waals surface area contributed by atoms with Crippen LogP contribution in [0, 0.1) is 5.92 Å². The van der Waals surface area contributed by atoms with Crippen LogP contribution < -0.4 is 10.1 Å². The molecule has 1 fully saturated rings. The third kappa shape index (κ3) is 3.57. The van der Waals surface area contributed by atoms with Gasteiger partial charge in [-0.1, -0.05) is 18.2 Å². The van der Waals surface area contributed by atoms with Crippen LogP contribution in [0.2, 0.25) is 0 Å². The minimum Gasteiger partial charge on any atom is -0.485 e. The van der Waals surface area contributed by atoms with Crippen molar-refractivity contribution in [3.8, 4) is 5.75 Å². The Labute approximate surface area is 102 Å². The summed E-state index contributed by atoms with van der Waals surface area (Å²) in [6.45, 7) is 1.71. The Morgan fingerprint density at radius 3 is 2.71 bits per heavy atom. The molecule has 0 saturated carbocycles. The second kappa shape index (κ2) is 5.84. The van der Waals surface area contributed by atoms with Gasteiger partial charge in [-0.2, -0.15) is 8.42 Å². The van der Waals surface area contributed by atoms with E-state index in [2.05, 4.69) is 5.32 Å². The lowest BCUT2D eigenvalue weighted by Gasteiger charge is -2.19. The highest BCUT2D eigenvalue weighted by atomic mass is 32.2. The van der Waals surface area contributed by atoms with Crippen molar-refractivity contribution in [3.05, 3.63) is 30.3 Å². The molecule has 0 amide bonds. The van der Waals surface area contributed by atoms with Crippen molar-refractivity contribution in [3.63, 3.8) is 0 Å². The van der Waals surface area contributed by atoms with Gasteiger partial charge in [0, 0.05) is 12.5 Å². The predicted octanol–water partition coefficient (Wildman–Crippen LogP) is 0.725. The van der Waals surface area contributed by atoms with E-state index in [4.69, 9.17) is 4.74 Å². The molecule has 1 aromatic rings. The zero-order chi connectivity index (χ0) is 12.1. The average Bonchev–Trinajstić information content (AvgIpc) is 2.82. The number of rotatable bonds is 4. The number of benzene rings is 1. The Morgan fingerprint density at radius 1 is 1.35 bits per heavy atom.